The number of rotatable bonds is 4. The van der Waals surface area contributed by atoms with Crippen molar-refractivity contribution in [1.82, 2.24) is 5.32 Å². The normalized spacial score (nSPS) is 17.1. The standard InChI is InChI=1S/C16H23BrN2O.ClH/c1-15(2,12-6-5-7-13(17)10-12)11-19-14(20)16(18)8-3-4-9-16;/h5-7,10H,3-4,8-9,11,18H2,1-2H3,(H,19,20);1H. The Bertz CT molecular complexity index is 499. The summed E-state index contributed by atoms with van der Waals surface area (Å²) in [4.78, 5) is 12.3. The molecule has 0 radical (unpaired) electrons. The lowest BCUT2D eigenvalue weighted by Gasteiger charge is -2.29. The molecule has 0 atom stereocenters. The highest BCUT2D eigenvalue weighted by Gasteiger charge is 2.37. The van der Waals surface area contributed by atoms with E-state index in [4.69, 9.17) is 5.73 Å². The van der Waals surface area contributed by atoms with Crippen molar-refractivity contribution < 1.29 is 4.79 Å². The van der Waals surface area contributed by atoms with Crippen LogP contribution in [-0.4, -0.2) is 18.0 Å². The maximum Gasteiger partial charge on any atom is 0.240 e. The van der Waals surface area contributed by atoms with Crippen molar-refractivity contribution in [2.45, 2.75) is 50.5 Å². The number of carbonyl (C=O) groups is 1. The van der Waals surface area contributed by atoms with E-state index in [0.29, 0.717) is 6.54 Å². The molecule has 0 spiro atoms. The first-order valence-corrected chi connectivity index (χ1v) is 7.96. The van der Waals surface area contributed by atoms with Gasteiger partial charge in [0.2, 0.25) is 5.91 Å². The van der Waals surface area contributed by atoms with Crippen LogP contribution < -0.4 is 11.1 Å². The minimum absolute atomic E-state index is 0. The van der Waals surface area contributed by atoms with Gasteiger partial charge >= 0.3 is 0 Å². The van der Waals surface area contributed by atoms with Crippen LogP contribution in [0.2, 0.25) is 0 Å². The fourth-order valence-electron chi connectivity index (χ4n) is 2.72. The summed E-state index contributed by atoms with van der Waals surface area (Å²) >= 11 is 3.49. The average molecular weight is 376 g/mol. The molecular formula is C16H24BrClN2O. The molecule has 3 N–H and O–H groups in total. The average Bonchev–Trinajstić information content (AvgIpc) is 2.84. The second-order valence-corrected chi connectivity index (χ2v) is 7.36. The van der Waals surface area contributed by atoms with Crippen molar-refractivity contribution >= 4 is 34.2 Å². The van der Waals surface area contributed by atoms with Gasteiger partial charge in [-0.2, -0.15) is 0 Å². The number of amides is 1. The number of hydrogen-bond acceptors (Lipinski definition) is 2. The van der Waals surface area contributed by atoms with Crippen molar-refractivity contribution in [3.05, 3.63) is 34.3 Å². The number of nitrogens with two attached hydrogens (primary N) is 1. The van der Waals surface area contributed by atoms with E-state index in [0.717, 1.165) is 30.2 Å². The van der Waals surface area contributed by atoms with Gasteiger partial charge in [0.05, 0.1) is 5.54 Å². The molecule has 0 aromatic heterocycles. The zero-order valence-corrected chi connectivity index (χ0v) is 15.0. The molecule has 0 aliphatic heterocycles. The summed E-state index contributed by atoms with van der Waals surface area (Å²) in [5.41, 5.74) is 6.61. The van der Waals surface area contributed by atoms with Gasteiger partial charge in [0.25, 0.3) is 0 Å². The van der Waals surface area contributed by atoms with E-state index < -0.39 is 5.54 Å². The van der Waals surface area contributed by atoms with E-state index in [1.807, 2.05) is 12.1 Å². The zero-order chi connectivity index (χ0) is 14.8. The van der Waals surface area contributed by atoms with Gasteiger partial charge in [-0.15, -0.1) is 12.4 Å². The molecule has 0 saturated heterocycles. The Hall–Kier alpha value is -0.580. The minimum Gasteiger partial charge on any atom is -0.354 e. The molecule has 1 aliphatic rings. The summed E-state index contributed by atoms with van der Waals surface area (Å²) in [6.07, 6.45) is 3.71. The first-order valence-electron chi connectivity index (χ1n) is 7.17. The summed E-state index contributed by atoms with van der Waals surface area (Å²) < 4.78 is 1.06. The van der Waals surface area contributed by atoms with E-state index in [1.165, 1.54) is 5.56 Å². The molecule has 118 valence electrons. The molecule has 21 heavy (non-hydrogen) atoms. The first kappa shape index (κ1) is 18.5. The van der Waals surface area contributed by atoms with Crippen LogP contribution in [0.4, 0.5) is 0 Å². The lowest BCUT2D eigenvalue weighted by molar-refractivity contribution is -0.126. The van der Waals surface area contributed by atoms with Crippen LogP contribution in [0, 0.1) is 0 Å². The van der Waals surface area contributed by atoms with Crippen LogP contribution in [0.3, 0.4) is 0 Å². The number of carbonyl (C=O) groups excluding carboxylic acids is 1. The van der Waals surface area contributed by atoms with Crippen LogP contribution in [0.25, 0.3) is 0 Å². The number of hydrogen-bond donors (Lipinski definition) is 2. The Morgan fingerprint density at radius 2 is 2.00 bits per heavy atom. The first-order chi connectivity index (χ1) is 9.33. The molecule has 1 aromatic rings. The van der Waals surface area contributed by atoms with E-state index in [9.17, 15) is 4.79 Å². The molecule has 2 rings (SSSR count). The maximum absolute atomic E-state index is 12.3. The Morgan fingerprint density at radius 1 is 1.38 bits per heavy atom. The Morgan fingerprint density at radius 3 is 2.57 bits per heavy atom. The predicted molar refractivity (Wildman–Crippen MR) is 92.8 cm³/mol. The molecule has 0 heterocycles. The molecule has 1 amide bonds. The largest absolute Gasteiger partial charge is 0.354 e. The summed E-state index contributed by atoms with van der Waals surface area (Å²) in [6.45, 7) is 4.86. The molecule has 5 heteroatoms. The molecule has 1 aliphatic carbocycles. The van der Waals surface area contributed by atoms with E-state index >= 15 is 0 Å². The van der Waals surface area contributed by atoms with Crippen molar-refractivity contribution in [2.24, 2.45) is 5.73 Å². The fourth-order valence-corrected chi connectivity index (χ4v) is 3.12. The molecule has 1 saturated carbocycles. The molecule has 1 fully saturated rings. The molecule has 0 bridgehead atoms. The van der Waals surface area contributed by atoms with Crippen molar-refractivity contribution in [3.63, 3.8) is 0 Å². The SMILES string of the molecule is CC(C)(CNC(=O)C1(N)CCCC1)c1cccc(Br)c1.Cl. The number of halogens is 2. The number of nitrogens with one attached hydrogen (secondary N) is 1. The second kappa shape index (κ2) is 7.12. The molecular weight excluding hydrogens is 352 g/mol. The van der Waals surface area contributed by atoms with Gasteiger partial charge in [0, 0.05) is 16.4 Å². The smallest absolute Gasteiger partial charge is 0.240 e. The zero-order valence-electron chi connectivity index (χ0n) is 12.6. The Balaban J connectivity index is 0.00000220. The third-order valence-corrected chi connectivity index (χ3v) is 4.74. The monoisotopic (exact) mass is 374 g/mol. The second-order valence-electron chi connectivity index (χ2n) is 6.44. The topological polar surface area (TPSA) is 55.1 Å². The summed E-state index contributed by atoms with van der Waals surface area (Å²) in [5, 5.41) is 3.04. The molecule has 0 unspecified atom stereocenters. The Kier molecular flexibility index (Phi) is 6.26. The van der Waals surface area contributed by atoms with Crippen LogP contribution in [0.15, 0.2) is 28.7 Å². The van der Waals surface area contributed by atoms with Gasteiger partial charge in [-0.25, -0.2) is 0 Å². The van der Waals surface area contributed by atoms with Gasteiger partial charge in [-0.05, 0) is 30.5 Å². The third kappa shape index (κ3) is 4.44. The Labute approximate surface area is 141 Å². The lowest BCUT2D eigenvalue weighted by atomic mass is 9.84. The number of benzene rings is 1. The van der Waals surface area contributed by atoms with E-state index in [-0.39, 0.29) is 23.7 Å². The van der Waals surface area contributed by atoms with Gasteiger partial charge in [0.15, 0.2) is 0 Å². The van der Waals surface area contributed by atoms with Crippen LogP contribution in [0.1, 0.15) is 45.1 Å². The molecule has 1 aromatic carbocycles. The minimum atomic E-state index is -0.645. The van der Waals surface area contributed by atoms with E-state index in [1.54, 1.807) is 0 Å². The van der Waals surface area contributed by atoms with Gasteiger partial charge in [-0.3, -0.25) is 4.79 Å². The highest BCUT2D eigenvalue weighted by Crippen LogP contribution is 2.28. The van der Waals surface area contributed by atoms with Gasteiger partial charge in [0.1, 0.15) is 0 Å². The quantitative estimate of drug-likeness (QED) is 0.845. The predicted octanol–water partition coefficient (Wildman–Crippen LogP) is 3.54. The van der Waals surface area contributed by atoms with Crippen LogP contribution in [0.5, 0.6) is 0 Å². The third-order valence-electron chi connectivity index (χ3n) is 4.24. The van der Waals surface area contributed by atoms with Gasteiger partial charge in [-0.1, -0.05) is 54.8 Å². The maximum atomic E-state index is 12.3. The van der Waals surface area contributed by atoms with Crippen LogP contribution in [-0.2, 0) is 10.2 Å². The van der Waals surface area contributed by atoms with Crippen molar-refractivity contribution in [3.8, 4) is 0 Å². The van der Waals surface area contributed by atoms with E-state index in [2.05, 4.69) is 47.2 Å². The highest BCUT2D eigenvalue weighted by molar-refractivity contribution is 9.10. The van der Waals surface area contributed by atoms with Crippen molar-refractivity contribution in [1.29, 1.82) is 0 Å². The highest BCUT2D eigenvalue weighted by atomic mass is 79.9. The summed E-state index contributed by atoms with van der Waals surface area (Å²) in [7, 11) is 0. The summed E-state index contributed by atoms with van der Waals surface area (Å²) in [5.74, 6) is -0.00179. The lowest BCUT2D eigenvalue weighted by Crippen LogP contribution is -2.53. The van der Waals surface area contributed by atoms with Crippen LogP contribution >= 0.6 is 28.3 Å². The fraction of sp³-hybridized carbons (Fsp3) is 0.562. The van der Waals surface area contributed by atoms with Gasteiger partial charge < -0.3 is 11.1 Å². The molecule has 3 nitrogen and oxygen atoms in total. The summed E-state index contributed by atoms with van der Waals surface area (Å²) in [6, 6.07) is 8.21. The van der Waals surface area contributed by atoms with Crippen molar-refractivity contribution in [2.75, 3.05) is 6.54 Å².